The number of sulfone groups is 1. The molecule has 0 fully saturated rings. The highest BCUT2D eigenvalue weighted by Crippen LogP contribution is 2.27. The summed E-state index contributed by atoms with van der Waals surface area (Å²) in [5.41, 5.74) is 1.88. The van der Waals surface area contributed by atoms with E-state index in [0.29, 0.717) is 11.1 Å². The van der Waals surface area contributed by atoms with Crippen LogP contribution in [0.5, 0.6) is 0 Å². The van der Waals surface area contributed by atoms with Crippen LogP contribution in [0.25, 0.3) is 0 Å². The standard InChI is InChI=1S/C12H10O3S/c1-3-8-4-5-10-9(6-8)7-11(12(10)13)16(2,14)15/h1,4-6,11H,7H2,2H3. The van der Waals surface area contributed by atoms with E-state index in [-0.39, 0.29) is 12.2 Å². The second-order valence-corrected chi connectivity index (χ2v) is 6.13. The van der Waals surface area contributed by atoms with Gasteiger partial charge in [0.05, 0.1) is 0 Å². The molecule has 1 unspecified atom stereocenters. The van der Waals surface area contributed by atoms with Gasteiger partial charge in [0.2, 0.25) is 0 Å². The monoisotopic (exact) mass is 234 g/mol. The van der Waals surface area contributed by atoms with Gasteiger partial charge >= 0.3 is 0 Å². The fourth-order valence-electron chi connectivity index (χ4n) is 1.90. The number of ketones is 1. The average molecular weight is 234 g/mol. The Bertz CT molecular complexity index is 606. The van der Waals surface area contributed by atoms with Crippen molar-refractivity contribution in [2.75, 3.05) is 6.26 Å². The summed E-state index contributed by atoms with van der Waals surface area (Å²) in [7, 11) is -3.34. The summed E-state index contributed by atoms with van der Waals surface area (Å²) < 4.78 is 22.8. The van der Waals surface area contributed by atoms with Crippen molar-refractivity contribution in [2.24, 2.45) is 0 Å². The molecule has 0 aromatic heterocycles. The van der Waals surface area contributed by atoms with Crippen LogP contribution in [0.15, 0.2) is 18.2 Å². The lowest BCUT2D eigenvalue weighted by molar-refractivity contribution is 0.0998. The molecule has 1 aliphatic carbocycles. The van der Waals surface area contributed by atoms with E-state index < -0.39 is 15.1 Å². The molecule has 0 bridgehead atoms. The average Bonchev–Trinajstić information content (AvgIpc) is 2.55. The van der Waals surface area contributed by atoms with E-state index in [4.69, 9.17) is 6.42 Å². The van der Waals surface area contributed by atoms with E-state index in [0.717, 1.165) is 11.8 Å². The van der Waals surface area contributed by atoms with Crippen LogP contribution in [0.2, 0.25) is 0 Å². The van der Waals surface area contributed by atoms with Crippen LogP contribution < -0.4 is 0 Å². The Kier molecular flexibility index (Phi) is 2.36. The summed E-state index contributed by atoms with van der Waals surface area (Å²) in [6, 6.07) is 4.97. The van der Waals surface area contributed by atoms with Crippen molar-refractivity contribution >= 4 is 15.6 Å². The van der Waals surface area contributed by atoms with E-state index in [1.165, 1.54) is 0 Å². The summed E-state index contributed by atoms with van der Waals surface area (Å²) >= 11 is 0. The maximum absolute atomic E-state index is 11.8. The second kappa shape index (κ2) is 3.46. The Labute approximate surface area is 94.4 Å². The minimum absolute atomic E-state index is 0.239. The minimum atomic E-state index is -3.34. The number of carbonyl (C=O) groups excluding carboxylic acids is 1. The van der Waals surface area contributed by atoms with E-state index in [1.807, 2.05) is 0 Å². The molecule has 0 N–H and O–H groups in total. The van der Waals surface area contributed by atoms with Crippen molar-refractivity contribution in [3.8, 4) is 12.3 Å². The maximum atomic E-state index is 11.8. The molecule has 1 aromatic carbocycles. The van der Waals surface area contributed by atoms with Crippen LogP contribution in [-0.2, 0) is 16.3 Å². The SMILES string of the molecule is C#Cc1ccc2c(c1)CC(S(C)(=O)=O)C2=O. The lowest BCUT2D eigenvalue weighted by Gasteiger charge is -2.03. The minimum Gasteiger partial charge on any atom is -0.293 e. The molecule has 0 saturated heterocycles. The molecule has 16 heavy (non-hydrogen) atoms. The Hall–Kier alpha value is -1.60. The van der Waals surface area contributed by atoms with Gasteiger partial charge in [-0.2, -0.15) is 0 Å². The molecule has 0 spiro atoms. The van der Waals surface area contributed by atoms with E-state index >= 15 is 0 Å². The summed E-state index contributed by atoms with van der Waals surface area (Å²) in [6.07, 6.45) is 6.57. The second-order valence-electron chi connectivity index (χ2n) is 3.90. The number of terminal acetylenes is 1. The van der Waals surface area contributed by atoms with Crippen LogP contribution in [0.4, 0.5) is 0 Å². The van der Waals surface area contributed by atoms with E-state index in [1.54, 1.807) is 18.2 Å². The van der Waals surface area contributed by atoms with Crippen molar-refractivity contribution in [3.05, 3.63) is 34.9 Å². The maximum Gasteiger partial charge on any atom is 0.181 e. The van der Waals surface area contributed by atoms with Crippen LogP contribution >= 0.6 is 0 Å². The van der Waals surface area contributed by atoms with Crippen LogP contribution in [-0.4, -0.2) is 25.7 Å². The van der Waals surface area contributed by atoms with Crippen molar-refractivity contribution < 1.29 is 13.2 Å². The number of carbonyl (C=O) groups is 1. The highest BCUT2D eigenvalue weighted by molar-refractivity contribution is 7.92. The molecule has 82 valence electrons. The lowest BCUT2D eigenvalue weighted by atomic mass is 10.1. The van der Waals surface area contributed by atoms with Gasteiger partial charge in [-0.05, 0) is 30.2 Å². The Morgan fingerprint density at radius 3 is 2.69 bits per heavy atom. The van der Waals surface area contributed by atoms with Gasteiger partial charge in [-0.25, -0.2) is 8.42 Å². The predicted molar refractivity (Wildman–Crippen MR) is 61.0 cm³/mol. The molecule has 0 radical (unpaired) electrons. The first kappa shape index (κ1) is 10.9. The lowest BCUT2D eigenvalue weighted by Crippen LogP contribution is -2.26. The summed E-state index contributed by atoms with van der Waals surface area (Å²) in [4.78, 5) is 11.8. The zero-order chi connectivity index (χ0) is 11.9. The first-order chi connectivity index (χ1) is 7.43. The summed E-state index contributed by atoms with van der Waals surface area (Å²) in [6.45, 7) is 0. The van der Waals surface area contributed by atoms with Crippen molar-refractivity contribution in [1.82, 2.24) is 0 Å². The molecule has 3 nitrogen and oxygen atoms in total. The van der Waals surface area contributed by atoms with Gasteiger partial charge in [-0.15, -0.1) is 6.42 Å². The fraction of sp³-hybridized carbons (Fsp3) is 0.250. The van der Waals surface area contributed by atoms with Gasteiger partial charge in [-0.1, -0.05) is 5.92 Å². The van der Waals surface area contributed by atoms with Gasteiger partial charge in [0.25, 0.3) is 0 Å². The number of benzene rings is 1. The summed E-state index contributed by atoms with van der Waals surface area (Å²) in [5.74, 6) is 2.15. The first-order valence-corrected chi connectivity index (χ1v) is 6.71. The van der Waals surface area contributed by atoms with Gasteiger partial charge in [0.1, 0.15) is 5.25 Å². The Balaban J connectivity index is 2.51. The molecule has 0 amide bonds. The molecule has 2 rings (SSSR count). The largest absolute Gasteiger partial charge is 0.293 e. The molecule has 0 aliphatic heterocycles. The summed E-state index contributed by atoms with van der Waals surface area (Å²) in [5, 5.41) is -0.935. The quantitative estimate of drug-likeness (QED) is 0.676. The normalized spacial score (nSPS) is 19.2. The number of rotatable bonds is 1. The number of hydrogen-bond donors (Lipinski definition) is 0. The van der Waals surface area contributed by atoms with E-state index in [9.17, 15) is 13.2 Å². The smallest absolute Gasteiger partial charge is 0.181 e. The van der Waals surface area contributed by atoms with E-state index in [2.05, 4.69) is 5.92 Å². The van der Waals surface area contributed by atoms with Gasteiger partial charge in [0, 0.05) is 17.4 Å². The molecule has 4 heteroatoms. The molecule has 1 atom stereocenters. The molecular formula is C12H10O3S. The van der Waals surface area contributed by atoms with Gasteiger partial charge in [0.15, 0.2) is 15.6 Å². The van der Waals surface area contributed by atoms with Crippen LogP contribution in [0, 0.1) is 12.3 Å². The zero-order valence-electron chi connectivity index (χ0n) is 8.73. The number of Topliss-reactive ketones (excluding diaryl/α,β-unsaturated/α-hetero) is 1. The van der Waals surface area contributed by atoms with Crippen molar-refractivity contribution in [3.63, 3.8) is 0 Å². The molecule has 1 aromatic rings. The molecule has 0 heterocycles. The highest BCUT2D eigenvalue weighted by atomic mass is 32.2. The third kappa shape index (κ3) is 1.63. The third-order valence-corrected chi connectivity index (χ3v) is 4.17. The van der Waals surface area contributed by atoms with Crippen LogP contribution in [0.1, 0.15) is 21.5 Å². The van der Waals surface area contributed by atoms with Crippen LogP contribution in [0.3, 0.4) is 0 Å². The zero-order valence-corrected chi connectivity index (χ0v) is 9.54. The topological polar surface area (TPSA) is 51.2 Å². The van der Waals surface area contributed by atoms with Gasteiger partial charge < -0.3 is 0 Å². The number of fused-ring (bicyclic) bond motifs is 1. The Morgan fingerprint density at radius 1 is 1.44 bits per heavy atom. The first-order valence-electron chi connectivity index (χ1n) is 4.76. The highest BCUT2D eigenvalue weighted by Gasteiger charge is 2.37. The van der Waals surface area contributed by atoms with Gasteiger partial charge in [-0.3, -0.25) is 4.79 Å². The van der Waals surface area contributed by atoms with Crippen molar-refractivity contribution in [2.45, 2.75) is 11.7 Å². The fourth-order valence-corrected chi connectivity index (χ4v) is 2.90. The number of hydrogen-bond acceptors (Lipinski definition) is 3. The molecule has 1 aliphatic rings. The van der Waals surface area contributed by atoms with Crippen molar-refractivity contribution in [1.29, 1.82) is 0 Å². The predicted octanol–water partition coefficient (Wildman–Crippen LogP) is 0.820. The third-order valence-electron chi connectivity index (χ3n) is 2.75. The molecular weight excluding hydrogens is 224 g/mol. The molecule has 0 saturated carbocycles. The Morgan fingerprint density at radius 2 is 2.12 bits per heavy atom.